The van der Waals surface area contributed by atoms with Gasteiger partial charge in [-0.3, -0.25) is 4.99 Å². The lowest BCUT2D eigenvalue weighted by atomic mass is 10.3. The molecule has 2 N–H and O–H groups in total. The summed E-state index contributed by atoms with van der Waals surface area (Å²) in [6, 6.07) is 0.630. The molecule has 0 aromatic heterocycles. The number of rotatable bonds is 6. The van der Waals surface area contributed by atoms with Crippen molar-refractivity contribution in [3.63, 3.8) is 0 Å². The Bertz CT molecular complexity index is 266. The second-order valence-electron chi connectivity index (χ2n) is 4.79. The molecule has 2 rings (SSSR count). The van der Waals surface area contributed by atoms with Gasteiger partial charge in [-0.15, -0.1) is 24.0 Å². The fraction of sp³-hybridized carbons (Fsp3) is 0.917. The summed E-state index contributed by atoms with van der Waals surface area (Å²) in [4.78, 5) is 6.43. The van der Waals surface area contributed by atoms with Crippen molar-refractivity contribution < 1.29 is 9.47 Å². The van der Waals surface area contributed by atoms with Gasteiger partial charge in [-0.25, -0.2) is 0 Å². The van der Waals surface area contributed by atoms with E-state index in [1.807, 2.05) is 7.05 Å². The number of nitrogens with zero attached hydrogens (tertiary/aromatic N) is 2. The number of hydrogen-bond acceptors (Lipinski definition) is 3. The summed E-state index contributed by atoms with van der Waals surface area (Å²) >= 11 is 0. The largest absolute Gasteiger partial charge is 0.379 e. The Morgan fingerprint density at radius 1 is 1.44 bits per heavy atom. The molecular weight excluding hydrogens is 345 g/mol. The van der Waals surface area contributed by atoms with Gasteiger partial charge in [-0.2, -0.15) is 0 Å². The standard InChI is InChI=1S/C12H23N3O2.HI/c1-15(10-3-4-10)12(13)14-6-2-7-17-11-5-8-16-9-11;/h10-11H,2-9H2,1H3,(H2,13,14);1H. The number of aliphatic imine (C=N–C) groups is 1. The Morgan fingerprint density at radius 3 is 2.83 bits per heavy atom. The molecule has 0 aromatic rings. The highest BCUT2D eigenvalue weighted by molar-refractivity contribution is 14.0. The molecule has 18 heavy (non-hydrogen) atoms. The van der Waals surface area contributed by atoms with Gasteiger partial charge in [0.1, 0.15) is 0 Å². The Kier molecular flexibility index (Phi) is 7.25. The first-order valence-electron chi connectivity index (χ1n) is 6.49. The number of halogens is 1. The summed E-state index contributed by atoms with van der Waals surface area (Å²) in [5.74, 6) is 0.664. The molecule has 1 saturated carbocycles. The molecule has 1 atom stereocenters. The molecule has 1 saturated heterocycles. The zero-order chi connectivity index (χ0) is 12.1. The number of nitrogens with two attached hydrogens (primary N) is 1. The van der Waals surface area contributed by atoms with E-state index in [1.165, 1.54) is 12.8 Å². The molecule has 1 aliphatic heterocycles. The summed E-state index contributed by atoms with van der Waals surface area (Å²) in [5, 5.41) is 0. The predicted octanol–water partition coefficient (Wildman–Crippen LogP) is 1.21. The third kappa shape index (κ3) is 5.27. The van der Waals surface area contributed by atoms with Gasteiger partial charge in [0.05, 0.1) is 12.7 Å². The molecule has 0 bridgehead atoms. The first-order chi connectivity index (χ1) is 8.27. The van der Waals surface area contributed by atoms with E-state index in [1.54, 1.807) is 0 Å². The van der Waals surface area contributed by atoms with E-state index < -0.39 is 0 Å². The molecule has 0 radical (unpaired) electrons. The molecule has 1 heterocycles. The maximum Gasteiger partial charge on any atom is 0.191 e. The van der Waals surface area contributed by atoms with Gasteiger partial charge < -0.3 is 20.1 Å². The van der Waals surface area contributed by atoms with E-state index in [0.29, 0.717) is 18.1 Å². The Hall–Kier alpha value is -0.0800. The third-order valence-corrected chi connectivity index (χ3v) is 3.27. The minimum atomic E-state index is 0. The maximum atomic E-state index is 5.88. The lowest BCUT2D eigenvalue weighted by molar-refractivity contribution is 0.0424. The second-order valence-corrected chi connectivity index (χ2v) is 4.79. The molecule has 5 nitrogen and oxygen atoms in total. The molecule has 1 aliphatic carbocycles. The minimum Gasteiger partial charge on any atom is -0.379 e. The van der Waals surface area contributed by atoms with Crippen LogP contribution in [0.2, 0.25) is 0 Å². The number of guanidine groups is 1. The summed E-state index contributed by atoms with van der Waals surface area (Å²) in [7, 11) is 2.02. The van der Waals surface area contributed by atoms with Gasteiger partial charge in [0, 0.05) is 32.8 Å². The van der Waals surface area contributed by atoms with E-state index in [-0.39, 0.29) is 24.0 Å². The smallest absolute Gasteiger partial charge is 0.191 e. The van der Waals surface area contributed by atoms with Crippen molar-refractivity contribution in [2.75, 3.05) is 33.4 Å². The molecule has 6 heteroatoms. The van der Waals surface area contributed by atoms with E-state index in [4.69, 9.17) is 15.2 Å². The van der Waals surface area contributed by atoms with Crippen LogP contribution in [0.1, 0.15) is 25.7 Å². The summed E-state index contributed by atoms with van der Waals surface area (Å²) in [6.07, 6.45) is 4.74. The Balaban J connectivity index is 0.00000162. The average Bonchev–Trinajstić information content (AvgIpc) is 3.05. The zero-order valence-corrected chi connectivity index (χ0v) is 13.3. The van der Waals surface area contributed by atoms with Crippen molar-refractivity contribution in [1.82, 2.24) is 4.90 Å². The maximum absolute atomic E-state index is 5.88. The van der Waals surface area contributed by atoms with Gasteiger partial charge in [0.15, 0.2) is 5.96 Å². The van der Waals surface area contributed by atoms with Gasteiger partial charge in [0.2, 0.25) is 0 Å². The average molecular weight is 369 g/mol. The topological polar surface area (TPSA) is 60.1 Å². The SMILES string of the molecule is CN(C(N)=NCCCOC1CCOC1)C1CC1.I. The quantitative estimate of drug-likeness (QED) is 0.331. The molecule has 0 aromatic carbocycles. The first-order valence-corrected chi connectivity index (χ1v) is 6.49. The normalized spacial score (nSPS) is 23.8. The molecule has 2 fully saturated rings. The van der Waals surface area contributed by atoms with Gasteiger partial charge in [-0.1, -0.05) is 0 Å². The second kappa shape index (κ2) is 8.16. The van der Waals surface area contributed by atoms with Crippen LogP contribution in [0.5, 0.6) is 0 Å². The highest BCUT2D eigenvalue weighted by Gasteiger charge is 2.27. The van der Waals surface area contributed by atoms with Crippen molar-refractivity contribution in [2.24, 2.45) is 10.7 Å². The van der Waals surface area contributed by atoms with Crippen LogP contribution >= 0.6 is 24.0 Å². The number of hydrogen-bond donors (Lipinski definition) is 1. The van der Waals surface area contributed by atoms with E-state index in [2.05, 4.69) is 9.89 Å². The lowest BCUT2D eigenvalue weighted by Crippen LogP contribution is -2.35. The van der Waals surface area contributed by atoms with Gasteiger partial charge in [0.25, 0.3) is 0 Å². The molecule has 1 unspecified atom stereocenters. The van der Waals surface area contributed by atoms with Crippen molar-refractivity contribution in [3.05, 3.63) is 0 Å². The van der Waals surface area contributed by atoms with E-state index >= 15 is 0 Å². The van der Waals surface area contributed by atoms with Gasteiger partial charge >= 0.3 is 0 Å². The van der Waals surface area contributed by atoms with Crippen LogP contribution in [0.4, 0.5) is 0 Å². The predicted molar refractivity (Wildman–Crippen MR) is 82.5 cm³/mol. The molecule has 2 aliphatic rings. The molecular formula is C12H24IN3O2. The molecule has 0 spiro atoms. The lowest BCUT2D eigenvalue weighted by Gasteiger charge is -2.16. The van der Waals surface area contributed by atoms with Crippen LogP contribution in [0, 0.1) is 0 Å². The summed E-state index contributed by atoms with van der Waals surface area (Å²) < 4.78 is 10.9. The van der Waals surface area contributed by atoms with E-state index in [0.717, 1.165) is 39.2 Å². The van der Waals surface area contributed by atoms with Crippen molar-refractivity contribution in [1.29, 1.82) is 0 Å². The highest BCUT2D eigenvalue weighted by atomic mass is 127. The van der Waals surface area contributed by atoms with Gasteiger partial charge in [-0.05, 0) is 25.7 Å². The van der Waals surface area contributed by atoms with Crippen LogP contribution < -0.4 is 5.73 Å². The zero-order valence-electron chi connectivity index (χ0n) is 11.0. The summed E-state index contributed by atoms with van der Waals surface area (Å²) in [6.45, 7) is 3.08. The number of ether oxygens (including phenoxy) is 2. The van der Waals surface area contributed by atoms with Crippen LogP contribution in [-0.2, 0) is 9.47 Å². The molecule has 0 amide bonds. The minimum absolute atomic E-state index is 0. The fourth-order valence-corrected chi connectivity index (χ4v) is 1.91. The highest BCUT2D eigenvalue weighted by Crippen LogP contribution is 2.24. The summed E-state index contributed by atoms with van der Waals surface area (Å²) in [5.41, 5.74) is 5.88. The Labute approximate surface area is 126 Å². The van der Waals surface area contributed by atoms with Crippen molar-refractivity contribution in [3.8, 4) is 0 Å². The van der Waals surface area contributed by atoms with Crippen molar-refractivity contribution in [2.45, 2.75) is 37.8 Å². The first kappa shape index (κ1) is 16.0. The van der Waals surface area contributed by atoms with Crippen molar-refractivity contribution >= 4 is 29.9 Å². The van der Waals surface area contributed by atoms with Crippen LogP contribution in [0.25, 0.3) is 0 Å². The Morgan fingerprint density at radius 2 is 2.22 bits per heavy atom. The third-order valence-electron chi connectivity index (χ3n) is 3.27. The van der Waals surface area contributed by atoms with Crippen LogP contribution in [0.3, 0.4) is 0 Å². The van der Waals surface area contributed by atoms with Crippen LogP contribution in [-0.4, -0.2) is 56.4 Å². The monoisotopic (exact) mass is 369 g/mol. The van der Waals surface area contributed by atoms with Crippen LogP contribution in [0.15, 0.2) is 4.99 Å². The van der Waals surface area contributed by atoms with E-state index in [9.17, 15) is 0 Å². The molecule has 106 valence electrons. The fourth-order valence-electron chi connectivity index (χ4n) is 1.91.